The quantitative estimate of drug-likeness (QED) is 0.281. The van der Waals surface area contributed by atoms with Crippen LogP contribution in [0.4, 0.5) is 19.1 Å². The number of carbonyl (C=O) groups is 2. The maximum absolute atomic E-state index is 13.4. The Morgan fingerprint density at radius 3 is 2.37 bits per heavy atom. The Morgan fingerprint density at radius 2 is 1.73 bits per heavy atom. The van der Waals surface area contributed by atoms with Gasteiger partial charge in [0.1, 0.15) is 6.54 Å². The van der Waals surface area contributed by atoms with Gasteiger partial charge in [-0.3, -0.25) is 19.5 Å². The summed E-state index contributed by atoms with van der Waals surface area (Å²) in [7, 11) is 0. The van der Waals surface area contributed by atoms with Crippen molar-refractivity contribution >= 4 is 17.8 Å². The van der Waals surface area contributed by atoms with Crippen molar-refractivity contribution in [1.29, 1.82) is 0 Å². The Hall–Kier alpha value is -4.44. The zero-order valence-corrected chi connectivity index (χ0v) is 22.4. The molecule has 5 rings (SSSR count). The first-order chi connectivity index (χ1) is 19.7. The van der Waals surface area contributed by atoms with E-state index >= 15 is 0 Å². The third-order valence-corrected chi connectivity index (χ3v) is 6.87. The van der Waals surface area contributed by atoms with E-state index in [-0.39, 0.29) is 31.0 Å². The molecule has 10 heteroatoms. The monoisotopic (exact) mass is 562 g/mol. The molecular weight excluding hydrogens is 533 g/mol. The molecule has 1 saturated heterocycles. The molecule has 41 heavy (non-hydrogen) atoms. The van der Waals surface area contributed by atoms with Crippen molar-refractivity contribution in [2.24, 2.45) is 0 Å². The van der Waals surface area contributed by atoms with Crippen LogP contribution in [-0.2, 0) is 15.7 Å². The molecular formula is C31H29F3N4O3. The molecule has 0 bridgehead atoms. The number of alkyl halides is 3. The van der Waals surface area contributed by atoms with Gasteiger partial charge in [0.25, 0.3) is 5.91 Å². The molecule has 212 valence electrons. The van der Waals surface area contributed by atoms with Crippen LogP contribution in [0.15, 0.2) is 85.1 Å². The van der Waals surface area contributed by atoms with E-state index < -0.39 is 17.6 Å². The first-order valence-corrected chi connectivity index (χ1v) is 13.3. The lowest BCUT2D eigenvalue weighted by Crippen LogP contribution is -2.42. The van der Waals surface area contributed by atoms with Crippen molar-refractivity contribution in [3.63, 3.8) is 0 Å². The molecule has 7 nitrogen and oxygen atoms in total. The van der Waals surface area contributed by atoms with Gasteiger partial charge in [0.05, 0.1) is 17.4 Å². The minimum atomic E-state index is -4.48. The number of halogens is 3. The highest BCUT2D eigenvalue weighted by Gasteiger charge is 2.30. The fourth-order valence-corrected chi connectivity index (χ4v) is 4.69. The number of ether oxygens (including phenoxy) is 1. The summed E-state index contributed by atoms with van der Waals surface area (Å²) < 4.78 is 46.7. The molecule has 0 radical (unpaired) electrons. The first-order valence-electron chi connectivity index (χ1n) is 13.3. The molecule has 1 aliphatic heterocycles. The highest BCUT2D eigenvalue weighted by Crippen LogP contribution is 2.31. The molecule has 1 unspecified atom stereocenters. The number of anilines is 1. The van der Waals surface area contributed by atoms with Crippen LogP contribution in [0.3, 0.4) is 0 Å². The molecule has 1 aromatic heterocycles. The molecule has 1 aliphatic rings. The van der Waals surface area contributed by atoms with Gasteiger partial charge >= 0.3 is 6.18 Å². The van der Waals surface area contributed by atoms with Crippen LogP contribution in [-0.4, -0.2) is 52.1 Å². The van der Waals surface area contributed by atoms with E-state index in [4.69, 9.17) is 4.74 Å². The number of hydrogen-bond acceptors (Lipinski definition) is 4. The molecule has 1 atom stereocenters. The topological polar surface area (TPSA) is 76.5 Å². The van der Waals surface area contributed by atoms with E-state index in [1.165, 1.54) is 21.6 Å². The molecule has 1 fully saturated rings. The Morgan fingerprint density at radius 1 is 1.02 bits per heavy atom. The fourth-order valence-electron chi connectivity index (χ4n) is 4.69. The van der Waals surface area contributed by atoms with Crippen LogP contribution in [0.5, 0.6) is 0 Å². The van der Waals surface area contributed by atoms with E-state index in [1.54, 1.807) is 18.3 Å². The highest BCUT2D eigenvalue weighted by molar-refractivity contribution is 5.99. The molecule has 0 spiro atoms. The van der Waals surface area contributed by atoms with Gasteiger partial charge in [-0.1, -0.05) is 48.0 Å². The van der Waals surface area contributed by atoms with E-state index in [0.29, 0.717) is 23.6 Å². The van der Waals surface area contributed by atoms with Crippen LogP contribution in [0.25, 0.3) is 16.9 Å². The second-order valence-corrected chi connectivity index (χ2v) is 9.97. The Kier molecular flexibility index (Phi) is 8.21. The highest BCUT2D eigenvalue weighted by atomic mass is 19.4. The lowest BCUT2D eigenvalue weighted by molar-refractivity contribution is -0.137. The molecule has 1 N–H and O–H groups in total. The predicted molar refractivity (Wildman–Crippen MR) is 149 cm³/mol. The summed E-state index contributed by atoms with van der Waals surface area (Å²) in [6, 6.07) is 20.9. The zero-order valence-electron chi connectivity index (χ0n) is 22.4. The fraction of sp³-hybridized carbons (Fsp3) is 0.258. The SMILES string of the molecule is Cc1ccc(C(=O)N(CC(=O)Nc2nc(-c3ccccc3)cn2-c2ccc(C(F)(F)F)cc2)CC2CCCO2)cc1. The van der Waals surface area contributed by atoms with E-state index in [2.05, 4.69) is 10.3 Å². The maximum Gasteiger partial charge on any atom is 0.416 e. The van der Waals surface area contributed by atoms with Gasteiger partial charge in [-0.05, 0) is 56.2 Å². The van der Waals surface area contributed by atoms with Gasteiger partial charge < -0.3 is 9.64 Å². The summed E-state index contributed by atoms with van der Waals surface area (Å²) in [4.78, 5) is 32.8. The van der Waals surface area contributed by atoms with E-state index in [1.807, 2.05) is 49.4 Å². The van der Waals surface area contributed by atoms with Gasteiger partial charge in [0.15, 0.2) is 0 Å². The normalized spacial score (nSPS) is 15.1. The molecule has 2 amide bonds. The Balaban J connectivity index is 1.42. The van der Waals surface area contributed by atoms with Crippen LogP contribution in [0.2, 0.25) is 0 Å². The summed E-state index contributed by atoms with van der Waals surface area (Å²) in [6.45, 7) is 2.53. The van der Waals surface area contributed by atoms with Crippen molar-refractivity contribution in [3.05, 3.63) is 102 Å². The lowest BCUT2D eigenvalue weighted by atomic mass is 10.1. The molecule has 3 aromatic carbocycles. The third-order valence-electron chi connectivity index (χ3n) is 6.87. The molecule has 0 aliphatic carbocycles. The van der Waals surface area contributed by atoms with E-state index in [9.17, 15) is 22.8 Å². The van der Waals surface area contributed by atoms with Crippen molar-refractivity contribution in [2.75, 3.05) is 25.0 Å². The van der Waals surface area contributed by atoms with Gasteiger partial charge in [-0.25, -0.2) is 4.98 Å². The maximum atomic E-state index is 13.4. The predicted octanol–water partition coefficient (Wildman–Crippen LogP) is 6.13. The Labute approximate surface area is 235 Å². The van der Waals surface area contributed by atoms with Crippen molar-refractivity contribution in [1.82, 2.24) is 14.5 Å². The van der Waals surface area contributed by atoms with Gasteiger partial charge in [0.2, 0.25) is 11.9 Å². The van der Waals surface area contributed by atoms with Crippen molar-refractivity contribution < 1.29 is 27.5 Å². The summed E-state index contributed by atoms with van der Waals surface area (Å²) in [5.41, 5.74) is 2.36. The number of imidazole rings is 1. The number of aromatic nitrogens is 2. The van der Waals surface area contributed by atoms with Crippen LogP contribution < -0.4 is 5.32 Å². The van der Waals surface area contributed by atoms with Crippen molar-refractivity contribution in [2.45, 2.75) is 32.0 Å². The minimum Gasteiger partial charge on any atom is -0.376 e. The number of benzene rings is 3. The standard InChI is InChI=1S/C31H29F3N4O3/c1-21-9-11-23(12-10-21)29(40)37(18-26-8-5-17-41-26)20-28(39)36-30-35-27(22-6-3-2-4-7-22)19-38(30)25-15-13-24(14-16-25)31(32,33)34/h2-4,6-7,9-16,19,26H,5,8,17-18,20H2,1H3,(H,35,36,39). The zero-order chi connectivity index (χ0) is 29.0. The van der Waals surface area contributed by atoms with Gasteiger partial charge in [-0.2, -0.15) is 13.2 Å². The largest absolute Gasteiger partial charge is 0.416 e. The van der Waals surface area contributed by atoms with Crippen LogP contribution in [0, 0.1) is 6.92 Å². The molecule has 2 heterocycles. The van der Waals surface area contributed by atoms with Crippen molar-refractivity contribution in [3.8, 4) is 16.9 Å². The molecule has 0 saturated carbocycles. The number of aryl methyl sites for hydroxylation is 1. The summed E-state index contributed by atoms with van der Waals surface area (Å²) in [5, 5.41) is 2.77. The summed E-state index contributed by atoms with van der Waals surface area (Å²) >= 11 is 0. The smallest absolute Gasteiger partial charge is 0.376 e. The number of carbonyl (C=O) groups excluding carboxylic acids is 2. The number of hydrogen-bond donors (Lipinski definition) is 1. The number of nitrogens with one attached hydrogen (secondary N) is 1. The second kappa shape index (κ2) is 12.0. The third kappa shape index (κ3) is 6.83. The van der Waals surface area contributed by atoms with Crippen LogP contribution >= 0.6 is 0 Å². The van der Waals surface area contributed by atoms with Gasteiger partial charge in [0, 0.05) is 36.2 Å². The average Bonchev–Trinajstić information content (AvgIpc) is 3.63. The molecule has 4 aromatic rings. The Bertz CT molecular complexity index is 1490. The van der Waals surface area contributed by atoms with E-state index in [0.717, 1.165) is 36.1 Å². The summed E-state index contributed by atoms with van der Waals surface area (Å²) in [5.74, 6) is -0.679. The number of nitrogens with zero attached hydrogens (tertiary/aromatic N) is 3. The number of amides is 2. The first kappa shape index (κ1) is 28.1. The van der Waals surface area contributed by atoms with Crippen LogP contribution in [0.1, 0.15) is 34.3 Å². The average molecular weight is 563 g/mol. The second-order valence-electron chi connectivity index (χ2n) is 9.97. The lowest BCUT2D eigenvalue weighted by Gasteiger charge is -2.25. The summed E-state index contributed by atoms with van der Waals surface area (Å²) in [6.07, 6.45) is -1.32. The van der Waals surface area contributed by atoms with Gasteiger partial charge in [-0.15, -0.1) is 0 Å². The number of rotatable bonds is 8. The minimum absolute atomic E-state index is 0.119.